The molecule has 2 aliphatic rings. The Labute approximate surface area is 199 Å². The zero-order valence-electron chi connectivity index (χ0n) is 18.5. The Morgan fingerprint density at radius 2 is 1.68 bits per heavy atom. The van der Waals surface area contributed by atoms with Gasteiger partial charge in [0.25, 0.3) is 0 Å². The molecule has 2 unspecified atom stereocenters. The Bertz CT molecular complexity index is 1090. The third-order valence-corrected chi connectivity index (χ3v) is 7.99. The fourth-order valence-corrected chi connectivity index (χ4v) is 6.29. The average molecular weight is 494 g/mol. The number of carboxylic acid groups (broad SMARTS) is 1. The van der Waals surface area contributed by atoms with E-state index < -0.39 is 29.5 Å². The number of carbonyl (C=O) groups excluding carboxylic acids is 2. The minimum Gasteiger partial charge on any atom is -0.481 e. The highest BCUT2D eigenvalue weighted by molar-refractivity contribution is 7.17. The molecule has 0 bridgehead atoms. The largest absolute Gasteiger partial charge is 0.481 e. The summed E-state index contributed by atoms with van der Waals surface area (Å²) in [7, 11) is 0. The lowest BCUT2D eigenvalue weighted by molar-refractivity contribution is -0.147. The molecule has 0 radical (unpaired) electrons. The number of hydrogen-bond acceptors (Lipinski definition) is 4. The number of carbonyl (C=O) groups is 3. The number of rotatable bonds is 7. The van der Waals surface area contributed by atoms with Gasteiger partial charge in [-0.1, -0.05) is 25.0 Å². The van der Waals surface area contributed by atoms with Crippen LogP contribution in [0.3, 0.4) is 0 Å². The van der Waals surface area contributed by atoms with E-state index in [1.54, 1.807) is 0 Å². The van der Waals surface area contributed by atoms with Gasteiger partial charge in [-0.05, 0) is 61.8 Å². The molecule has 1 aromatic heterocycles. The van der Waals surface area contributed by atoms with Gasteiger partial charge in [-0.15, -0.1) is 11.3 Å². The molecule has 1 amide bonds. The second-order valence-electron chi connectivity index (χ2n) is 9.00. The second kappa shape index (κ2) is 9.90. The fraction of sp³-hybridized carbons (Fsp3) is 0.480. The first kappa shape index (κ1) is 24.4. The Kier molecular flexibility index (Phi) is 7.12. The lowest BCUT2D eigenvalue weighted by atomic mass is 9.78. The van der Waals surface area contributed by atoms with Gasteiger partial charge in [0, 0.05) is 11.3 Å². The topological polar surface area (TPSA) is 83.5 Å². The highest BCUT2D eigenvalue weighted by Crippen LogP contribution is 2.41. The van der Waals surface area contributed by atoms with Gasteiger partial charge >= 0.3 is 12.1 Å². The summed E-state index contributed by atoms with van der Waals surface area (Å²) in [4.78, 5) is 38.9. The fourth-order valence-electron chi connectivity index (χ4n) is 4.98. The van der Waals surface area contributed by atoms with Gasteiger partial charge in [0.05, 0.1) is 23.0 Å². The number of amides is 1. The van der Waals surface area contributed by atoms with E-state index in [2.05, 4.69) is 5.32 Å². The smallest absolute Gasteiger partial charge is 0.416 e. The van der Waals surface area contributed by atoms with Crippen molar-refractivity contribution in [2.75, 3.05) is 5.32 Å². The summed E-state index contributed by atoms with van der Waals surface area (Å²) in [5, 5.41) is 12.8. The number of ketones is 1. The summed E-state index contributed by atoms with van der Waals surface area (Å²) in [5.74, 6) is -2.84. The van der Waals surface area contributed by atoms with E-state index in [9.17, 15) is 32.7 Å². The summed E-state index contributed by atoms with van der Waals surface area (Å²) in [5.41, 5.74) is 1.33. The highest BCUT2D eigenvalue weighted by atomic mass is 32.1. The maximum absolute atomic E-state index is 13.2. The number of carboxylic acids is 1. The van der Waals surface area contributed by atoms with E-state index in [-0.39, 0.29) is 18.1 Å². The van der Waals surface area contributed by atoms with Crippen LogP contribution in [0.4, 0.5) is 18.2 Å². The van der Waals surface area contributed by atoms with Crippen LogP contribution in [-0.2, 0) is 35.0 Å². The van der Waals surface area contributed by atoms with Crippen molar-refractivity contribution < 1.29 is 32.7 Å². The van der Waals surface area contributed by atoms with Crippen molar-refractivity contribution in [3.05, 3.63) is 51.4 Å². The predicted octanol–water partition coefficient (Wildman–Crippen LogP) is 5.90. The molecule has 5 nitrogen and oxygen atoms in total. The lowest BCUT2D eigenvalue weighted by Crippen LogP contribution is -2.36. The number of thiophene rings is 1. The third kappa shape index (κ3) is 5.19. The maximum atomic E-state index is 13.2. The number of Topliss-reactive ketones (excluding diaryl/α,β-unsaturated/α-hetero) is 1. The monoisotopic (exact) mass is 493 g/mol. The van der Waals surface area contributed by atoms with Crippen LogP contribution in [0, 0.1) is 11.8 Å². The molecule has 9 heteroatoms. The van der Waals surface area contributed by atoms with E-state index in [4.69, 9.17) is 0 Å². The van der Waals surface area contributed by atoms with E-state index >= 15 is 0 Å². The molecule has 1 fully saturated rings. The number of hydrogen-bond donors (Lipinski definition) is 2. The molecule has 2 N–H and O–H groups in total. The average Bonchev–Trinajstić information content (AvgIpc) is 3.38. The first-order valence-electron chi connectivity index (χ1n) is 11.5. The quantitative estimate of drug-likeness (QED) is 0.471. The summed E-state index contributed by atoms with van der Waals surface area (Å²) in [6.07, 6.45) is 1.04. The minimum atomic E-state index is -4.41. The summed E-state index contributed by atoms with van der Waals surface area (Å²) in [6.45, 7) is 0. The SMILES string of the molecule is O=C(CCc1ccc(C(F)(F)F)cc1)c1c(NC(=O)C2CCCCC2C(=O)O)sc2c1CCC2. The summed E-state index contributed by atoms with van der Waals surface area (Å²) < 4.78 is 38.3. The Morgan fingerprint density at radius 1 is 1.00 bits per heavy atom. The molecule has 182 valence electrons. The molecule has 2 aromatic rings. The molecule has 0 aliphatic heterocycles. The van der Waals surface area contributed by atoms with Gasteiger partial charge < -0.3 is 10.4 Å². The molecular weight excluding hydrogens is 467 g/mol. The summed E-state index contributed by atoms with van der Waals surface area (Å²) in [6, 6.07) is 4.78. The standard InChI is InChI=1S/C25H26F3NO4S/c26-25(27,28)15-11-8-14(9-12-15)10-13-19(30)21-18-6-3-7-20(18)34-23(21)29-22(31)16-4-1-2-5-17(16)24(32)33/h8-9,11-12,16-17H,1-7,10,13H2,(H,29,31)(H,32,33). The van der Waals surface area contributed by atoms with E-state index in [1.165, 1.54) is 23.5 Å². The molecular formula is C25H26F3NO4S. The maximum Gasteiger partial charge on any atom is 0.416 e. The lowest BCUT2D eigenvalue weighted by Gasteiger charge is -2.27. The Hall–Kier alpha value is -2.68. The molecule has 1 aromatic carbocycles. The molecule has 4 rings (SSSR count). The number of alkyl halides is 3. The van der Waals surface area contributed by atoms with Crippen LogP contribution in [0.5, 0.6) is 0 Å². The van der Waals surface area contributed by atoms with Gasteiger partial charge in [-0.25, -0.2) is 0 Å². The number of benzene rings is 1. The number of aliphatic carboxylic acids is 1. The van der Waals surface area contributed by atoms with Crippen molar-refractivity contribution in [2.45, 2.75) is 64.0 Å². The van der Waals surface area contributed by atoms with Gasteiger partial charge in [0.1, 0.15) is 5.00 Å². The van der Waals surface area contributed by atoms with Crippen molar-refractivity contribution in [2.24, 2.45) is 11.8 Å². The van der Waals surface area contributed by atoms with Crippen molar-refractivity contribution in [1.29, 1.82) is 0 Å². The van der Waals surface area contributed by atoms with Gasteiger partial charge in [0.15, 0.2) is 5.78 Å². The van der Waals surface area contributed by atoms with Crippen LogP contribution >= 0.6 is 11.3 Å². The van der Waals surface area contributed by atoms with Crippen LogP contribution in [0.25, 0.3) is 0 Å². The van der Waals surface area contributed by atoms with Crippen molar-refractivity contribution in [3.63, 3.8) is 0 Å². The Morgan fingerprint density at radius 3 is 2.32 bits per heavy atom. The zero-order chi connectivity index (χ0) is 24.5. The van der Waals surface area contributed by atoms with Crippen LogP contribution in [0.15, 0.2) is 24.3 Å². The van der Waals surface area contributed by atoms with Gasteiger partial charge in [-0.3, -0.25) is 14.4 Å². The molecule has 1 heterocycles. The highest BCUT2D eigenvalue weighted by Gasteiger charge is 2.37. The van der Waals surface area contributed by atoms with E-state index in [1.807, 2.05) is 0 Å². The molecule has 1 saturated carbocycles. The number of halogens is 3. The van der Waals surface area contributed by atoms with Gasteiger partial charge in [-0.2, -0.15) is 13.2 Å². The molecule has 2 atom stereocenters. The molecule has 0 spiro atoms. The first-order chi connectivity index (χ1) is 16.1. The normalized spacial score (nSPS) is 20.1. The minimum absolute atomic E-state index is 0.110. The van der Waals surface area contributed by atoms with Crippen LogP contribution in [0.2, 0.25) is 0 Å². The predicted molar refractivity (Wildman–Crippen MR) is 122 cm³/mol. The van der Waals surface area contributed by atoms with Crippen molar-refractivity contribution in [3.8, 4) is 0 Å². The Balaban J connectivity index is 1.49. The van der Waals surface area contributed by atoms with Crippen LogP contribution in [-0.4, -0.2) is 22.8 Å². The number of aryl methyl sites for hydroxylation is 2. The molecule has 2 aliphatic carbocycles. The van der Waals surface area contributed by atoms with E-state index in [0.717, 1.165) is 54.7 Å². The molecule has 0 saturated heterocycles. The second-order valence-corrected chi connectivity index (χ2v) is 10.1. The zero-order valence-corrected chi connectivity index (χ0v) is 19.4. The first-order valence-corrected chi connectivity index (χ1v) is 12.3. The molecule has 34 heavy (non-hydrogen) atoms. The van der Waals surface area contributed by atoms with E-state index in [0.29, 0.717) is 35.4 Å². The number of fused-ring (bicyclic) bond motifs is 1. The van der Waals surface area contributed by atoms with Crippen molar-refractivity contribution >= 4 is 34.0 Å². The van der Waals surface area contributed by atoms with Crippen LogP contribution in [0.1, 0.15) is 70.5 Å². The number of anilines is 1. The van der Waals surface area contributed by atoms with Crippen LogP contribution < -0.4 is 5.32 Å². The summed E-state index contributed by atoms with van der Waals surface area (Å²) >= 11 is 1.38. The third-order valence-electron chi connectivity index (χ3n) is 6.78. The van der Waals surface area contributed by atoms with Crippen molar-refractivity contribution in [1.82, 2.24) is 0 Å². The number of nitrogens with one attached hydrogen (secondary N) is 1. The van der Waals surface area contributed by atoms with Gasteiger partial charge in [0.2, 0.25) is 5.91 Å².